The quantitative estimate of drug-likeness (QED) is 0.642. The van der Waals surface area contributed by atoms with E-state index in [0.717, 1.165) is 0 Å². The number of benzene rings is 1. The number of hydrogen-bond donors (Lipinski definition) is 1. The zero-order valence-electron chi connectivity index (χ0n) is 13.4. The number of nitro groups is 1. The molecule has 24 heavy (non-hydrogen) atoms. The number of non-ortho nitro benzene ring substituents is 1. The van der Waals surface area contributed by atoms with Gasteiger partial charge in [0.1, 0.15) is 18.3 Å². The molecule has 1 unspecified atom stereocenters. The Morgan fingerprint density at radius 3 is 2.38 bits per heavy atom. The molecule has 0 bridgehead atoms. The molecule has 2 heterocycles. The highest BCUT2D eigenvalue weighted by Gasteiger charge is 2.54. The molecule has 132 valence electrons. The number of aliphatic hydroxyl groups is 1. The average molecular weight is 357 g/mol. The van der Waals surface area contributed by atoms with E-state index in [-0.39, 0.29) is 5.69 Å². The molecule has 2 aliphatic heterocycles. The largest absolute Gasteiger partial charge is 0.387 e. The fourth-order valence-electron chi connectivity index (χ4n) is 2.98. The van der Waals surface area contributed by atoms with Gasteiger partial charge in [-0.15, -0.1) is 0 Å². The van der Waals surface area contributed by atoms with Gasteiger partial charge in [-0.2, -0.15) is 0 Å². The first-order valence-electron chi connectivity index (χ1n) is 7.54. The van der Waals surface area contributed by atoms with Crippen molar-refractivity contribution >= 4 is 16.5 Å². The van der Waals surface area contributed by atoms with Crippen LogP contribution in [0.2, 0.25) is 0 Å². The van der Waals surface area contributed by atoms with Gasteiger partial charge < -0.3 is 19.3 Å². The number of hydrogen-bond acceptors (Lipinski definition) is 7. The van der Waals surface area contributed by atoms with Gasteiger partial charge in [0.15, 0.2) is 11.2 Å². The summed E-state index contributed by atoms with van der Waals surface area (Å²) in [4.78, 5) is 10.5. The van der Waals surface area contributed by atoms with Crippen LogP contribution in [-0.4, -0.2) is 49.9 Å². The topological polar surface area (TPSA) is 108 Å². The van der Waals surface area contributed by atoms with Gasteiger partial charge >= 0.3 is 0 Å². The molecule has 2 saturated heterocycles. The van der Waals surface area contributed by atoms with Gasteiger partial charge in [0.25, 0.3) is 5.69 Å². The van der Waals surface area contributed by atoms with Crippen molar-refractivity contribution in [2.45, 2.75) is 61.3 Å². The second-order valence-corrected chi connectivity index (χ2v) is 7.84. The van der Waals surface area contributed by atoms with Crippen LogP contribution in [0.15, 0.2) is 29.2 Å². The highest BCUT2D eigenvalue weighted by Crippen LogP contribution is 2.38. The Bertz CT molecular complexity index is 662. The number of nitro benzene ring substituents is 1. The van der Waals surface area contributed by atoms with Crippen molar-refractivity contribution in [3.05, 3.63) is 34.4 Å². The Hall–Kier alpha value is -1.39. The molecular formula is C15H19NO7S. The summed E-state index contributed by atoms with van der Waals surface area (Å²) >= 11 is 0. The van der Waals surface area contributed by atoms with Gasteiger partial charge in [-0.25, -0.2) is 0 Å². The van der Waals surface area contributed by atoms with Crippen molar-refractivity contribution < 1.29 is 28.4 Å². The van der Waals surface area contributed by atoms with Gasteiger partial charge in [-0.3, -0.25) is 14.3 Å². The van der Waals surface area contributed by atoms with Crippen molar-refractivity contribution in [3.63, 3.8) is 0 Å². The van der Waals surface area contributed by atoms with E-state index in [2.05, 4.69) is 0 Å². The minimum absolute atomic E-state index is 0.0939. The van der Waals surface area contributed by atoms with E-state index in [9.17, 15) is 19.4 Å². The SMILES string of the molecule is C[C@@H]1O[C@@H](S(=O)c2ccc([N+](=O)[O-])cc2)[C@@H](O)[C@@H]2OC(C)(C)O[C@@H]21. The van der Waals surface area contributed by atoms with Crippen molar-refractivity contribution in [2.24, 2.45) is 0 Å². The van der Waals surface area contributed by atoms with Crippen molar-refractivity contribution in [1.82, 2.24) is 0 Å². The van der Waals surface area contributed by atoms with Crippen LogP contribution in [0.5, 0.6) is 0 Å². The molecule has 0 spiro atoms. The normalized spacial score (nSPS) is 36.1. The summed E-state index contributed by atoms with van der Waals surface area (Å²) < 4.78 is 29.9. The number of ether oxygens (including phenoxy) is 3. The van der Waals surface area contributed by atoms with E-state index >= 15 is 0 Å². The first-order valence-corrected chi connectivity index (χ1v) is 8.75. The summed E-state index contributed by atoms with van der Waals surface area (Å²) in [6, 6.07) is 5.34. The first kappa shape index (κ1) is 17.4. The predicted octanol–water partition coefficient (Wildman–Crippen LogP) is 1.33. The van der Waals surface area contributed by atoms with Crippen LogP contribution in [-0.2, 0) is 25.0 Å². The minimum Gasteiger partial charge on any atom is -0.387 e. The van der Waals surface area contributed by atoms with Crippen molar-refractivity contribution in [1.29, 1.82) is 0 Å². The molecule has 3 rings (SSSR count). The highest BCUT2D eigenvalue weighted by molar-refractivity contribution is 7.85. The van der Waals surface area contributed by atoms with Crippen LogP contribution in [0.3, 0.4) is 0 Å². The maximum atomic E-state index is 12.7. The fourth-order valence-corrected chi connectivity index (χ4v) is 4.34. The van der Waals surface area contributed by atoms with Crippen molar-refractivity contribution in [3.8, 4) is 0 Å². The minimum atomic E-state index is -1.71. The molecular weight excluding hydrogens is 338 g/mol. The zero-order chi connectivity index (χ0) is 17.6. The monoisotopic (exact) mass is 357 g/mol. The maximum absolute atomic E-state index is 12.7. The van der Waals surface area contributed by atoms with E-state index in [4.69, 9.17) is 14.2 Å². The molecule has 9 heteroatoms. The number of nitrogens with zero attached hydrogens (tertiary/aromatic N) is 1. The van der Waals surface area contributed by atoms with Gasteiger partial charge in [0, 0.05) is 17.0 Å². The highest BCUT2D eigenvalue weighted by atomic mass is 32.2. The Morgan fingerprint density at radius 2 is 1.79 bits per heavy atom. The Morgan fingerprint density at radius 1 is 1.21 bits per heavy atom. The van der Waals surface area contributed by atoms with Crippen LogP contribution in [0, 0.1) is 10.1 Å². The molecule has 1 aromatic rings. The third kappa shape index (κ3) is 3.09. The fraction of sp³-hybridized carbons (Fsp3) is 0.600. The number of fused-ring (bicyclic) bond motifs is 1. The number of aliphatic hydroxyl groups excluding tert-OH is 1. The summed E-state index contributed by atoms with van der Waals surface area (Å²) in [7, 11) is -1.71. The molecule has 0 aliphatic carbocycles. The third-order valence-electron chi connectivity index (χ3n) is 4.08. The molecule has 1 N–H and O–H groups in total. The summed E-state index contributed by atoms with van der Waals surface area (Å²) in [5.74, 6) is -0.850. The van der Waals surface area contributed by atoms with Crippen molar-refractivity contribution in [2.75, 3.05) is 0 Å². The van der Waals surface area contributed by atoms with Crippen LogP contribution in [0.25, 0.3) is 0 Å². The third-order valence-corrected chi connectivity index (χ3v) is 5.63. The van der Waals surface area contributed by atoms with E-state index in [1.54, 1.807) is 20.8 Å². The summed E-state index contributed by atoms with van der Waals surface area (Å²) in [6.07, 6.45) is -2.63. The predicted molar refractivity (Wildman–Crippen MR) is 83.7 cm³/mol. The van der Waals surface area contributed by atoms with Crippen LogP contribution in [0.1, 0.15) is 20.8 Å². The molecule has 2 fully saturated rings. The Balaban J connectivity index is 1.81. The van der Waals surface area contributed by atoms with Gasteiger partial charge in [0.2, 0.25) is 0 Å². The summed E-state index contributed by atoms with van der Waals surface area (Å²) in [6.45, 7) is 5.26. The molecule has 8 nitrogen and oxygen atoms in total. The second kappa shape index (κ2) is 6.16. The lowest BCUT2D eigenvalue weighted by Gasteiger charge is -2.38. The summed E-state index contributed by atoms with van der Waals surface area (Å²) in [5, 5.41) is 21.2. The van der Waals surface area contributed by atoms with Gasteiger partial charge in [-0.05, 0) is 32.9 Å². The first-order chi connectivity index (χ1) is 11.2. The lowest BCUT2D eigenvalue weighted by atomic mass is 10.0. The van der Waals surface area contributed by atoms with E-state index < -0.39 is 51.4 Å². The molecule has 6 atom stereocenters. The molecule has 0 saturated carbocycles. The standard InChI is InChI=1S/C15H19NO7S/c1-8-12-13(23-15(2,3)22-12)11(17)14(21-8)24(20)10-6-4-9(5-7-10)16(18)19/h4-8,11-14,17H,1-3H3/t8-,11-,12+,13-,14-,24?/m0/s1. The lowest BCUT2D eigenvalue weighted by Crippen LogP contribution is -2.56. The van der Waals surface area contributed by atoms with Gasteiger partial charge in [-0.1, -0.05) is 0 Å². The zero-order valence-corrected chi connectivity index (χ0v) is 14.3. The molecule has 0 aromatic heterocycles. The number of rotatable bonds is 3. The van der Waals surface area contributed by atoms with Crippen LogP contribution < -0.4 is 0 Å². The average Bonchev–Trinajstić information content (AvgIpc) is 2.87. The molecule has 0 radical (unpaired) electrons. The Labute approximate surface area is 141 Å². The molecule has 1 aromatic carbocycles. The van der Waals surface area contributed by atoms with E-state index in [0.29, 0.717) is 4.90 Å². The van der Waals surface area contributed by atoms with E-state index in [1.165, 1.54) is 24.3 Å². The van der Waals surface area contributed by atoms with Crippen LogP contribution >= 0.6 is 0 Å². The van der Waals surface area contributed by atoms with E-state index in [1.807, 2.05) is 0 Å². The van der Waals surface area contributed by atoms with Gasteiger partial charge in [0.05, 0.1) is 21.8 Å². The maximum Gasteiger partial charge on any atom is 0.269 e. The summed E-state index contributed by atoms with van der Waals surface area (Å²) in [5.41, 5.74) is -1.09. The molecule has 2 aliphatic rings. The Kier molecular flexibility index (Phi) is 4.47. The smallest absolute Gasteiger partial charge is 0.269 e. The second-order valence-electron chi connectivity index (χ2n) is 6.31. The lowest BCUT2D eigenvalue weighted by molar-refractivity contribution is -0.384. The molecule has 0 amide bonds. The van der Waals surface area contributed by atoms with Crippen LogP contribution in [0.4, 0.5) is 5.69 Å².